The molecule has 0 atom stereocenters. The number of imidazole rings is 1. The van der Waals surface area contributed by atoms with E-state index >= 15 is 0 Å². The first-order valence-corrected chi connectivity index (χ1v) is 10.4. The van der Waals surface area contributed by atoms with Gasteiger partial charge < -0.3 is 9.47 Å². The Bertz CT molecular complexity index is 993. The maximum absolute atomic E-state index is 11.3. The van der Waals surface area contributed by atoms with Crippen molar-refractivity contribution < 1.29 is 10.0 Å². The molecule has 6 heteroatoms. The fraction of sp³-hybridized carbons (Fsp3) is 0.333. The molecule has 0 fully saturated rings. The summed E-state index contributed by atoms with van der Waals surface area (Å²) in [5.74, 6) is 0.540. The molecular formula is C24H30N4O2. The Kier molecular flexibility index (Phi) is 7.76. The molecule has 0 aliphatic rings. The molecular weight excluding hydrogens is 376 g/mol. The van der Waals surface area contributed by atoms with Crippen molar-refractivity contribution in [2.75, 3.05) is 20.6 Å². The number of fused-ring (bicyclic) bond motifs is 1. The maximum atomic E-state index is 11.3. The number of nitrogens with zero attached hydrogens (tertiary/aromatic N) is 3. The van der Waals surface area contributed by atoms with Crippen LogP contribution in [0.15, 0.2) is 54.6 Å². The van der Waals surface area contributed by atoms with Gasteiger partial charge in [-0.25, -0.2) is 10.5 Å². The van der Waals surface area contributed by atoms with Crippen LogP contribution in [0.25, 0.3) is 17.1 Å². The van der Waals surface area contributed by atoms with Gasteiger partial charge in [0.1, 0.15) is 5.82 Å². The van der Waals surface area contributed by atoms with E-state index in [-0.39, 0.29) is 0 Å². The monoisotopic (exact) mass is 406 g/mol. The molecule has 0 saturated carbocycles. The quantitative estimate of drug-likeness (QED) is 0.233. The molecule has 30 heavy (non-hydrogen) atoms. The second kappa shape index (κ2) is 10.7. The van der Waals surface area contributed by atoms with Crippen LogP contribution in [-0.4, -0.2) is 46.2 Å². The number of hydroxylamine groups is 1. The van der Waals surface area contributed by atoms with E-state index in [2.05, 4.69) is 53.9 Å². The number of amides is 1. The number of unbranched alkanes of at least 4 members (excludes halogenated alkanes) is 1. The highest BCUT2D eigenvalue weighted by atomic mass is 16.5. The van der Waals surface area contributed by atoms with E-state index in [1.807, 2.05) is 18.2 Å². The van der Waals surface area contributed by atoms with E-state index < -0.39 is 5.91 Å². The Morgan fingerprint density at radius 2 is 1.93 bits per heavy atom. The van der Waals surface area contributed by atoms with Gasteiger partial charge in [0.2, 0.25) is 0 Å². The van der Waals surface area contributed by atoms with Crippen LogP contribution >= 0.6 is 0 Å². The number of hydrogen-bond acceptors (Lipinski definition) is 4. The molecule has 0 aliphatic carbocycles. The highest BCUT2D eigenvalue weighted by Crippen LogP contribution is 2.21. The summed E-state index contributed by atoms with van der Waals surface area (Å²) in [6.07, 6.45) is 7.04. The van der Waals surface area contributed by atoms with E-state index in [0.717, 1.165) is 61.2 Å². The molecule has 0 unspecified atom stereocenters. The van der Waals surface area contributed by atoms with Gasteiger partial charge in [0.15, 0.2) is 0 Å². The van der Waals surface area contributed by atoms with Crippen molar-refractivity contribution in [3.63, 3.8) is 0 Å². The molecule has 0 radical (unpaired) electrons. The van der Waals surface area contributed by atoms with Gasteiger partial charge in [0.25, 0.3) is 5.91 Å². The van der Waals surface area contributed by atoms with Gasteiger partial charge in [-0.05, 0) is 69.2 Å². The fourth-order valence-electron chi connectivity index (χ4n) is 3.55. The Balaban J connectivity index is 1.83. The summed E-state index contributed by atoms with van der Waals surface area (Å²) >= 11 is 0. The molecule has 1 amide bonds. The number of carbonyl (C=O) groups excluding carboxylic acids is 1. The van der Waals surface area contributed by atoms with Crippen molar-refractivity contribution in [3.05, 3.63) is 71.6 Å². The molecule has 1 heterocycles. The molecule has 0 aliphatic heterocycles. The SMILES string of the molecule is CN(C)CCCCn1c(CCc2ccccc2)nc2cc(/C=C/C(=O)NO)ccc21. The van der Waals surface area contributed by atoms with Crippen molar-refractivity contribution in [1.29, 1.82) is 0 Å². The van der Waals surface area contributed by atoms with Crippen LogP contribution in [0.1, 0.15) is 29.8 Å². The number of nitrogens with one attached hydrogen (secondary N) is 1. The minimum Gasteiger partial charge on any atom is -0.328 e. The first-order chi connectivity index (χ1) is 14.6. The summed E-state index contributed by atoms with van der Waals surface area (Å²) in [5.41, 5.74) is 5.83. The average Bonchev–Trinajstić information content (AvgIpc) is 3.10. The Morgan fingerprint density at radius 3 is 2.67 bits per heavy atom. The summed E-state index contributed by atoms with van der Waals surface area (Å²) in [5, 5.41) is 8.64. The van der Waals surface area contributed by atoms with Gasteiger partial charge in [-0.2, -0.15) is 0 Å². The molecule has 158 valence electrons. The van der Waals surface area contributed by atoms with Crippen LogP contribution in [0, 0.1) is 0 Å². The number of aromatic nitrogens is 2. The van der Waals surface area contributed by atoms with Crippen LogP contribution < -0.4 is 5.48 Å². The topological polar surface area (TPSA) is 70.4 Å². The average molecular weight is 407 g/mol. The highest BCUT2D eigenvalue weighted by molar-refractivity contribution is 5.91. The Labute approximate surface area is 177 Å². The predicted molar refractivity (Wildman–Crippen MR) is 120 cm³/mol. The van der Waals surface area contributed by atoms with E-state index in [1.54, 1.807) is 11.6 Å². The van der Waals surface area contributed by atoms with Crippen LogP contribution in [0.2, 0.25) is 0 Å². The van der Waals surface area contributed by atoms with Gasteiger partial charge in [-0.15, -0.1) is 0 Å². The molecule has 1 aromatic heterocycles. The third-order valence-electron chi connectivity index (χ3n) is 5.11. The largest absolute Gasteiger partial charge is 0.328 e. The molecule has 0 bridgehead atoms. The van der Waals surface area contributed by atoms with E-state index in [9.17, 15) is 4.79 Å². The summed E-state index contributed by atoms with van der Waals surface area (Å²) in [6.45, 7) is 2.02. The van der Waals surface area contributed by atoms with Crippen molar-refractivity contribution in [1.82, 2.24) is 19.9 Å². The maximum Gasteiger partial charge on any atom is 0.267 e. The number of rotatable bonds is 10. The molecule has 2 N–H and O–H groups in total. The lowest BCUT2D eigenvalue weighted by atomic mass is 10.1. The zero-order valence-corrected chi connectivity index (χ0v) is 17.7. The van der Waals surface area contributed by atoms with Crippen molar-refractivity contribution >= 4 is 23.0 Å². The standard InChI is InChI=1S/C24H30N4O2/c1-27(2)16-6-7-17-28-22-13-10-20(12-15-24(29)26-30)18-21(22)25-23(28)14-11-19-8-4-3-5-9-19/h3-5,8-10,12-13,15,18,30H,6-7,11,14,16-17H2,1-2H3,(H,26,29)/b15-12+. The zero-order valence-electron chi connectivity index (χ0n) is 17.7. The lowest BCUT2D eigenvalue weighted by molar-refractivity contribution is -0.124. The number of carbonyl (C=O) groups is 1. The van der Waals surface area contributed by atoms with Crippen LogP contribution in [0.4, 0.5) is 0 Å². The van der Waals surface area contributed by atoms with Crippen molar-refractivity contribution in [2.24, 2.45) is 0 Å². The number of benzene rings is 2. The highest BCUT2D eigenvalue weighted by Gasteiger charge is 2.11. The fourth-order valence-corrected chi connectivity index (χ4v) is 3.55. The summed E-state index contributed by atoms with van der Waals surface area (Å²) in [4.78, 5) is 18.4. The zero-order chi connectivity index (χ0) is 21.3. The minimum atomic E-state index is -0.551. The third-order valence-corrected chi connectivity index (χ3v) is 5.11. The second-order valence-corrected chi connectivity index (χ2v) is 7.73. The lowest BCUT2D eigenvalue weighted by Crippen LogP contribution is -2.14. The van der Waals surface area contributed by atoms with Crippen LogP contribution in [0.5, 0.6) is 0 Å². The van der Waals surface area contributed by atoms with E-state index in [4.69, 9.17) is 10.2 Å². The Morgan fingerprint density at radius 1 is 1.13 bits per heavy atom. The molecule has 3 aromatic rings. The van der Waals surface area contributed by atoms with Crippen LogP contribution in [-0.2, 0) is 24.2 Å². The van der Waals surface area contributed by atoms with E-state index in [1.165, 1.54) is 11.6 Å². The minimum absolute atomic E-state index is 0.551. The smallest absolute Gasteiger partial charge is 0.267 e. The number of hydrogen-bond donors (Lipinski definition) is 2. The lowest BCUT2D eigenvalue weighted by Gasteiger charge is -2.12. The normalized spacial score (nSPS) is 11.6. The molecule has 2 aromatic carbocycles. The second-order valence-electron chi connectivity index (χ2n) is 7.73. The van der Waals surface area contributed by atoms with E-state index in [0.29, 0.717) is 0 Å². The van der Waals surface area contributed by atoms with Gasteiger partial charge in [-0.1, -0.05) is 36.4 Å². The summed E-state index contributed by atoms with van der Waals surface area (Å²) in [7, 11) is 4.20. The van der Waals surface area contributed by atoms with Crippen molar-refractivity contribution in [3.8, 4) is 0 Å². The molecule has 0 saturated heterocycles. The van der Waals surface area contributed by atoms with Gasteiger partial charge in [0, 0.05) is 19.0 Å². The van der Waals surface area contributed by atoms with Crippen molar-refractivity contribution in [2.45, 2.75) is 32.2 Å². The third kappa shape index (κ3) is 6.02. The molecule has 0 spiro atoms. The first-order valence-electron chi connectivity index (χ1n) is 10.4. The summed E-state index contributed by atoms with van der Waals surface area (Å²) < 4.78 is 2.34. The molecule has 6 nitrogen and oxygen atoms in total. The van der Waals surface area contributed by atoms with Gasteiger partial charge in [0.05, 0.1) is 11.0 Å². The Hall–Kier alpha value is -2.96. The molecule has 3 rings (SSSR count). The predicted octanol–water partition coefficient (Wildman–Crippen LogP) is 3.68. The first kappa shape index (κ1) is 21.7. The van der Waals surface area contributed by atoms with Gasteiger partial charge >= 0.3 is 0 Å². The van der Waals surface area contributed by atoms with Crippen LogP contribution in [0.3, 0.4) is 0 Å². The number of aryl methyl sites for hydroxylation is 3. The van der Waals surface area contributed by atoms with Gasteiger partial charge in [-0.3, -0.25) is 10.0 Å². The summed E-state index contributed by atoms with van der Waals surface area (Å²) in [6, 6.07) is 16.5.